The van der Waals surface area contributed by atoms with Crippen LogP contribution in [0.2, 0.25) is 0 Å². The molecule has 0 atom stereocenters. The number of Topliss-reactive ketones (excluding diaryl/α,β-unsaturated/α-hetero) is 1. The van der Waals surface area contributed by atoms with Crippen LogP contribution in [0.3, 0.4) is 0 Å². The molecule has 124 valence electrons. The molecule has 1 heterocycles. The van der Waals surface area contributed by atoms with Crippen molar-refractivity contribution in [3.63, 3.8) is 0 Å². The molecule has 1 aliphatic heterocycles. The van der Waals surface area contributed by atoms with Crippen molar-refractivity contribution in [1.29, 1.82) is 0 Å². The van der Waals surface area contributed by atoms with Crippen LogP contribution < -0.4 is 4.90 Å². The average molecular weight is 335 g/mol. The Morgan fingerprint density at radius 3 is 2.31 bits per heavy atom. The number of ketones is 1. The zero-order chi connectivity index (χ0) is 17.5. The first-order chi connectivity index (χ1) is 12.8. The number of para-hydroxylation sites is 2. The molecule has 1 aliphatic rings. The summed E-state index contributed by atoms with van der Waals surface area (Å²) in [6, 6.07) is 30.8. The van der Waals surface area contributed by atoms with Crippen LogP contribution in [-0.4, -0.2) is 5.78 Å². The maximum atomic E-state index is 13.1. The molecule has 0 saturated heterocycles. The minimum atomic E-state index is 0.164. The average Bonchev–Trinajstić information content (AvgIpc) is 2.82. The summed E-state index contributed by atoms with van der Waals surface area (Å²) in [6.07, 6.45) is 0.421. The molecule has 0 radical (unpaired) electrons. The second kappa shape index (κ2) is 5.85. The molecular formula is C24H17NO. The molecule has 0 bridgehead atoms. The molecule has 0 N–H and O–H groups in total. The number of fused-ring (bicyclic) bond motifs is 4. The van der Waals surface area contributed by atoms with Gasteiger partial charge in [-0.3, -0.25) is 4.79 Å². The normalized spacial score (nSPS) is 13.2. The van der Waals surface area contributed by atoms with Gasteiger partial charge in [-0.15, -0.1) is 0 Å². The molecule has 5 rings (SSSR count). The van der Waals surface area contributed by atoms with Crippen LogP contribution in [0.15, 0.2) is 91.0 Å². The summed E-state index contributed by atoms with van der Waals surface area (Å²) in [5, 5.41) is 2.23. The second-order valence-corrected chi connectivity index (χ2v) is 6.58. The summed E-state index contributed by atoms with van der Waals surface area (Å²) in [5.74, 6) is 0.164. The molecule has 0 aromatic heterocycles. The number of anilines is 3. The van der Waals surface area contributed by atoms with Crippen LogP contribution in [0.4, 0.5) is 17.1 Å². The number of carbonyl (C=O) groups excluding carboxylic acids is 1. The monoisotopic (exact) mass is 335 g/mol. The van der Waals surface area contributed by atoms with E-state index in [9.17, 15) is 4.79 Å². The first-order valence-corrected chi connectivity index (χ1v) is 8.81. The van der Waals surface area contributed by atoms with E-state index in [1.807, 2.05) is 54.6 Å². The van der Waals surface area contributed by atoms with Gasteiger partial charge in [0.05, 0.1) is 5.69 Å². The van der Waals surface area contributed by atoms with E-state index >= 15 is 0 Å². The van der Waals surface area contributed by atoms with Gasteiger partial charge in [0, 0.05) is 28.7 Å². The van der Waals surface area contributed by atoms with Gasteiger partial charge in [0.2, 0.25) is 0 Å². The van der Waals surface area contributed by atoms with E-state index in [1.165, 1.54) is 0 Å². The number of hydrogen-bond acceptors (Lipinski definition) is 2. The Balaban J connectivity index is 1.93. The van der Waals surface area contributed by atoms with Crippen molar-refractivity contribution < 1.29 is 4.79 Å². The van der Waals surface area contributed by atoms with Crippen LogP contribution in [0, 0.1) is 0 Å². The van der Waals surface area contributed by atoms with E-state index in [0.717, 1.165) is 39.0 Å². The van der Waals surface area contributed by atoms with Crippen molar-refractivity contribution in [3.05, 3.63) is 102 Å². The molecule has 0 unspecified atom stereocenters. The summed E-state index contributed by atoms with van der Waals surface area (Å²) in [5.41, 5.74) is 4.95. The Labute approximate surface area is 152 Å². The van der Waals surface area contributed by atoms with Gasteiger partial charge in [0.1, 0.15) is 0 Å². The Morgan fingerprint density at radius 2 is 1.42 bits per heavy atom. The molecule has 0 fully saturated rings. The summed E-state index contributed by atoms with van der Waals surface area (Å²) in [4.78, 5) is 15.3. The van der Waals surface area contributed by atoms with Crippen molar-refractivity contribution in [1.82, 2.24) is 0 Å². The summed E-state index contributed by atoms with van der Waals surface area (Å²) >= 11 is 0. The molecule has 0 spiro atoms. The van der Waals surface area contributed by atoms with Crippen LogP contribution in [0.5, 0.6) is 0 Å². The molecule has 0 aliphatic carbocycles. The summed E-state index contributed by atoms with van der Waals surface area (Å²) in [7, 11) is 0. The summed E-state index contributed by atoms with van der Waals surface area (Å²) in [6.45, 7) is 0. The van der Waals surface area contributed by atoms with Crippen LogP contribution in [0.1, 0.15) is 15.9 Å². The molecule has 2 nitrogen and oxygen atoms in total. The minimum Gasteiger partial charge on any atom is -0.309 e. The van der Waals surface area contributed by atoms with E-state index in [-0.39, 0.29) is 5.78 Å². The van der Waals surface area contributed by atoms with E-state index in [1.54, 1.807) is 0 Å². The lowest BCUT2D eigenvalue weighted by molar-refractivity contribution is 0.0994. The van der Waals surface area contributed by atoms with Crippen molar-refractivity contribution in [2.75, 3.05) is 4.90 Å². The van der Waals surface area contributed by atoms with Gasteiger partial charge >= 0.3 is 0 Å². The highest BCUT2D eigenvalue weighted by molar-refractivity contribution is 6.14. The van der Waals surface area contributed by atoms with Crippen molar-refractivity contribution in [3.8, 4) is 0 Å². The molecule has 0 saturated carbocycles. The molecule has 26 heavy (non-hydrogen) atoms. The highest BCUT2D eigenvalue weighted by Crippen LogP contribution is 2.44. The smallest absolute Gasteiger partial charge is 0.169 e. The van der Waals surface area contributed by atoms with E-state index in [0.29, 0.717) is 6.42 Å². The maximum Gasteiger partial charge on any atom is 0.169 e. The fourth-order valence-corrected chi connectivity index (χ4v) is 3.83. The van der Waals surface area contributed by atoms with Crippen molar-refractivity contribution in [2.24, 2.45) is 0 Å². The third-order valence-electron chi connectivity index (χ3n) is 5.02. The lowest BCUT2D eigenvalue weighted by atomic mass is 9.99. The van der Waals surface area contributed by atoms with Gasteiger partial charge in [0.15, 0.2) is 5.78 Å². The SMILES string of the molecule is O=C1Cc2ccccc2N(c2ccccc2)c2c1ccc1ccccc21. The predicted molar refractivity (Wildman–Crippen MR) is 107 cm³/mol. The number of benzene rings is 4. The van der Waals surface area contributed by atoms with Crippen molar-refractivity contribution in [2.45, 2.75) is 6.42 Å². The fraction of sp³-hybridized carbons (Fsp3) is 0.0417. The van der Waals surface area contributed by atoms with E-state index in [4.69, 9.17) is 0 Å². The topological polar surface area (TPSA) is 20.3 Å². The lowest BCUT2D eigenvalue weighted by Crippen LogP contribution is -2.12. The van der Waals surface area contributed by atoms with Gasteiger partial charge in [-0.05, 0) is 35.2 Å². The molecular weight excluding hydrogens is 318 g/mol. The quantitative estimate of drug-likeness (QED) is 0.422. The first-order valence-electron chi connectivity index (χ1n) is 8.81. The van der Waals surface area contributed by atoms with E-state index in [2.05, 4.69) is 41.3 Å². The third kappa shape index (κ3) is 2.23. The molecule has 4 aromatic rings. The minimum absolute atomic E-state index is 0.164. The number of nitrogens with zero attached hydrogens (tertiary/aromatic N) is 1. The zero-order valence-electron chi connectivity index (χ0n) is 14.2. The largest absolute Gasteiger partial charge is 0.309 e. The number of rotatable bonds is 1. The maximum absolute atomic E-state index is 13.1. The molecule has 2 heteroatoms. The number of carbonyl (C=O) groups is 1. The Bertz CT molecular complexity index is 1130. The van der Waals surface area contributed by atoms with Gasteiger partial charge < -0.3 is 4.90 Å². The highest BCUT2D eigenvalue weighted by atomic mass is 16.1. The van der Waals surface area contributed by atoms with Crippen molar-refractivity contribution >= 4 is 33.6 Å². The lowest BCUT2D eigenvalue weighted by Gasteiger charge is -2.28. The Kier molecular flexibility index (Phi) is 3.36. The van der Waals surface area contributed by atoms with Gasteiger partial charge in [-0.1, -0.05) is 66.7 Å². The number of hydrogen-bond donors (Lipinski definition) is 0. The van der Waals surface area contributed by atoms with Crippen LogP contribution >= 0.6 is 0 Å². The zero-order valence-corrected chi connectivity index (χ0v) is 14.2. The van der Waals surface area contributed by atoms with Crippen LogP contribution in [-0.2, 0) is 6.42 Å². The molecule has 4 aromatic carbocycles. The van der Waals surface area contributed by atoms with Crippen LogP contribution in [0.25, 0.3) is 10.8 Å². The van der Waals surface area contributed by atoms with Gasteiger partial charge in [-0.25, -0.2) is 0 Å². The Morgan fingerprint density at radius 1 is 0.692 bits per heavy atom. The second-order valence-electron chi connectivity index (χ2n) is 6.58. The molecule has 0 amide bonds. The highest BCUT2D eigenvalue weighted by Gasteiger charge is 2.27. The summed E-state index contributed by atoms with van der Waals surface area (Å²) < 4.78 is 0. The predicted octanol–water partition coefficient (Wildman–Crippen LogP) is 6.05. The van der Waals surface area contributed by atoms with E-state index < -0.39 is 0 Å². The van der Waals surface area contributed by atoms with Gasteiger partial charge in [-0.2, -0.15) is 0 Å². The fourth-order valence-electron chi connectivity index (χ4n) is 3.83. The first kappa shape index (κ1) is 14.9. The Hall–Kier alpha value is -3.39. The standard InChI is InChI=1S/C24H17NO/c26-23-16-18-9-5-7-13-22(18)25(19-10-2-1-3-11-19)24-20-12-6-4-8-17(20)14-15-21(23)24/h1-15H,16H2. The third-order valence-corrected chi connectivity index (χ3v) is 5.02. The van der Waals surface area contributed by atoms with Gasteiger partial charge in [0.25, 0.3) is 0 Å².